The van der Waals surface area contributed by atoms with Crippen molar-refractivity contribution in [3.05, 3.63) is 23.0 Å². The van der Waals surface area contributed by atoms with E-state index >= 15 is 0 Å². The molecule has 1 aromatic rings. The van der Waals surface area contributed by atoms with E-state index in [9.17, 15) is 4.79 Å². The molecule has 0 aliphatic heterocycles. The van der Waals surface area contributed by atoms with Crippen molar-refractivity contribution in [2.75, 3.05) is 0 Å². The van der Waals surface area contributed by atoms with Crippen LogP contribution in [0.4, 0.5) is 0 Å². The Morgan fingerprint density at radius 2 is 2.12 bits per heavy atom. The van der Waals surface area contributed by atoms with Gasteiger partial charge in [-0.3, -0.25) is 0 Å². The summed E-state index contributed by atoms with van der Waals surface area (Å²) in [5.41, 5.74) is 0.0878. The second kappa shape index (κ2) is 3.81. The molecule has 2 rings (SSSR count). The summed E-state index contributed by atoms with van der Waals surface area (Å²) in [5.74, 6) is -0.300. The Hall–Kier alpha value is -0.960. The van der Waals surface area contributed by atoms with Crippen LogP contribution in [0, 0.1) is 0 Å². The molecule has 3 nitrogen and oxygen atoms in total. The van der Waals surface area contributed by atoms with Gasteiger partial charge in [0.05, 0.1) is 5.02 Å². The van der Waals surface area contributed by atoms with Crippen molar-refractivity contribution in [1.29, 1.82) is 0 Å². The summed E-state index contributed by atoms with van der Waals surface area (Å²) in [6, 6.07) is 2.10. The standard InChI is InChI=1S/C12H16ClNO2/c1-12(2,3)16-11(15)10-6-8(13)7-14(10)9-4-5-9/h6-7,9H,4-5H2,1-3H3. The van der Waals surface area contributed by atoms with Crippen LogP contribution >= 0.6 is 11.6 Å². The summed E-state index contributed by atoms with van der Waals surface area (Å²) in [4.78, 5) is 11.9. The molecule has 0 unspecified atom stereocenters. The zero-order valence-corrected chi connectivity index (χ0v) is 10.5. The van der Waals surface area contributed by atoms with E-state index in [2.05, 4.69) is 0 Å². The summed E-state index contributed by atoms with van der Waals surface area (Å²) in [5, 5.41) is 0.591. The number of aromatic nitrogens is 1. The summed E-state index contributed by atoms with van der Waals surface area (Å²) >= 11 is 5.92. The van der Waals surface area contributed by atoms with Gasteiger partial charge in [0.2, 0.25) is 0 Å². The predicted octanol–water partition coefficient (Wildman–Crippen LogP) is 3.43. The molecule has 1 aliphatic carbocycles. The molecule has 0 amide bonds. The number of esters is 1. The monoisotopic (exact) mass is 241 g/mol. The second-order valence-electron chi connectivity index (χ2n) is 5.18. The van der Waals surface area contributed by atoms with Gasteiger partial charge >= 0.3 is 5.97 Å². The Bertz CT molecular complexity index is 413. The highest BCUT2D eigenvalue weighted by atomic mass is 35.5. The van der Waals surface area contributed by atoms with Crippen LogP contribution in [0.25, 0.3) is 0 Å². The van der Waals surface area contributed by atoms with Gasteiger partial charge in [0, 0.05) is 12.2 Å². The Kier molecular flexibility index (Phi) is 2.74. The number of nitrogens with zero attached hydrogens (tertiary/aromatic N) is 1. The predicted molar refractivity (Wildman–Crippen MR) is 62.9 cm³/mol. The lowest BCUT2D eigenvalue weighted by Gasteiger charge is -2.20. The molecule has 0 radical (unpaired) electrons. The molecule has 0 aromatic carbocycles. The number of rotatable bonds is 2. The molecular formula is C12H16ClNO2. The van der Waals surface area contributed by atoms with E-state index in [0.717, 1.165) is 12.8 Å². The molecule has 4 heteroatoms. The average molecular weight is 242 g/mol. The third kappa shape index (κ3) is 2.59. The third-order valence-corrected chi connectivity index (χ3v) is 2.57. The SMILES string of the molecule is CC(C)(C)OC(=O)c1cc(Cl)cn1C1CC1. The third-order valence-electron chi connectivity index (χ3n) is 2.36. The van der Waals surface area contributed by atoms with E-state index in [-0.39, 0.29) is 5.97 Å². The summed E-state index contributed by atoms with van der Waals surface area (Å²) in [6.07, 6.45) is 4.03. The molecule has 0 N–H and O–H groups in total. The number of hydrogen-bond donors (Lipinski definition) is 0. The highest BCUT2D eigenvalue weighted by molar-refractivity contribution is 6.31. The molecule has 0 spiro atoms. The molecule has 1 aromatic heterocycles. The number of ether oxygens (including phenoxy) is 1. The zero-order valence-electron chi connectivity index (χ0n) is 9.79. The highest BCUT2D eigenvalue weighted by Gasteiger charge is 2.29. The van der Waals surface area contributed by atoms with Crippen LogP contribution in [0.1, 0.15) is 50.1 Å². The lowest BCUT2D eigenvalue weighted by molar-refractivity contribution is 0.00575. The van der Waals surface area contributed by atoms with E-state index < -0.39 is 5.60 Å². The van der Waals surface area contributed by atoms with Gasteiger partial charge in [-0.1, -0.05) is 11.6 Å². The maximum Gasteiger partial charge on any atom is 0.355 e. The van der Waals surface area contributed by atoms with Crippen LogP contribution in [-0.2, 0) is 4.74 Å². The normalized spacial score (nSPS) is 16.2. The number of carbonyl (C=O) groups excluding carboxylic acids is 1. The number of halogens is 1. The maximum absolute atomic E-state index is 11.9. The number of carbonyl (C=O) groups is 1. The van der Waals surface area contributed by atoms with E-state index in [0.29, 0.717) is 16.8 Å². The Labute approximate surface area is 100 Å². The Morgan fingerprint density at radius 1 is 1.50 bits per heavy atom. The van der Waals surface area contributed by atoms with E-state index in [1.165, 1.54) is 0 Å². The Morgan fingerprint density at radius 3 is 2.62 bits per heavy atom. The van der Waals surface area contributed by atoms with Crippen LogP contribution in [0.2, 0.25) is 5.02 Å². The van der Waals surface area contributed by atoms with Gasteiger partial charge in [-0.05, 0) is 39.7 Å². The highest BCUT2D eigenvalue weighted by Crippen LogP contribution is 2.37. The van der Waals surface area contributed by atoms with Crippen molar-refractivity contribution in [2.45, 2.75) is 45.3 Å². The molecular weight excluding hydrogens is 226 g/mol. The van der Waals surface area contributed by atoms with Crippen LogP contribution in [0.5, 0.6) is 0 Å². The Balaban J connectivity index is 2.22. The van der Waals surface area contributed by atoms with Crippen LogP contribution in [0.3, 0.4) is 0 Å². The van der Waals surface area contributed by atoms with Gasteiger partial charge in [-0.15, -0.1) is 0 Å². The summed E-state index contributed by atoms with van der Waals surface area (Å²) in [7, 11) is 0. The molecule has 0 saturated heterocycles. The van der Waals surface area contributed by atoms with Crippen LogP contribution in [0.15, 0.2) is 12.3 Å². The molecule has 1 aliphatic rings. The van der Waals surface area contributed by atoms with Crippen molar-refractivity contribution < 1.29 is 9.53 Å². The fourth-order valence-corrected chi connectivity index (χ4v) is 1.80. The van der Waals surface area contributed by atoms with E-state index in [1.807, 2.05) is 25.3 Å². The fraction of sp³-hybridized carbons (Fsp3) is 0.583. The lowest BCUT2D eigenvalue weighted by Crippen LogP contribution is -2.25. The molecule has 0 bridgehead atoms. The van der Waals surface area contributed by atoms with Crippen molar-refractivity contribution in [3.8, 4) is 0 Å². The van der Waals surface area contributed by atoms with Crippen molar-refractivity contribution in [1.82, 2.24) is 4.57 Å². The smallest absolute Gasteiger partial charge is 0.355 e. The quantitative estimate of drug-likeness (QED) is 0.743. The first kappa shape index (κ1) is 11.5. The first-order chi connectivity index (χ1) is 7.37. The van der Waals surface area contributed by atoms with Gasteiger partial charge in [0.15, 0.2) is 0 Å². The maximum atomic E-state index is 11.9. The first-order valence-corrected chi connectivity index (χ1v) is 5.85. The summed E-state index contributed by atoms with van der Waals surface area (Å²) in [6.45, 7) is 5.57. The van der Waals surface area contributed by atoms with Crippen LogP contribution in [-0.4, -0.2) is 16.1 Å². The zero-order chi connectivity index (χ0) is 11.9. The minimum Gasteiger partial charge on any atom is -0.455 e. The molecule has 1 fully saturated rings. The molecule has 1 saturated carbocycles. The second-order valence-corrected chi connectivity index (χ2v) is 5.62. The van der Waals surface area contributed by atoms with Gasteiger partial charge in [-0.25, -0.2) is 4.79 Å². The largest absolute Gasteiger partial charge is 0.455 e. The lowest BCUT2D eigenvalue weighted by atomic mass is 10.2. The van der Waals surface area contributed by atoms with E-state index in [4.69, 9.17) is 16.3 Å². The van der Waals surface area contributed by atoms with Gasteiger partial charge in [0.25, 0.3) is 0 Å². The molecule has 88 valence electrons. The van der Waals surface area contributed by atoms with Gasteiger partial charge < -0.3 is 9.30 Å². The van der Waals surface area contributed by atoms with Crippen molar-refractivity contribution >= 4 is 17.6 Å². The van der Waals surface area contributed by atoms with Crippen molar-refractivity contribution in [3.63, 3.8) is 0 Å². The first-order valence-electron chi connectivity index (χ1n) is 5.47. The summed E-state index contributed by atoms with van der Waals surface area (Å²) < 4.78 is 7.26. The minimum absolute atomic E-state index is 0.300. The topological polar surface area (TPSA) is 31.2 Å². The molecule has 1 heterocycles. The molecule has 16 heavy (non-hydrogen) atoms. The van der Waals surface area contributed by atoms with E-state index in [1.54, 1.807) is 12.3 Å². The van der Waals surface area contributed by atoms with Gasteiger partial charge in [-0.2, -0.15) is 0 Å². The van der Waals surface area contributed by atoms with Gasteiger partial charge in [0.1, 0.15) is 11.3 Å². The minimum atomic E-state index is -0.470. The fourth-order valence-electron chi connectivity index (χ4n) is 1.59. The number of hydrogen-bond acceptors (Lipinski definition) is 2. The average Bonchev–Trinajstić information content (AvgIpc) is 2.87. The molecule has 0 atom stereocenters. The van der Waals surface area contributed by atoms with Crippen LogP contribution < -0.4 is 0 Å². The van der Waals surface area contributed by atoms with Crippen molar-refractivity contribution in [2.24, 2.45) is 0 Å².